The van der Waals surface area contributed by atoms with E-state index in [4.69, 9.17) is 0 Å². The smallest absolute Gasteiger partial charge is 0.225 e. The van der Waals surface area contributed by atoms with Gasteiger partial charge in [0, 0.05) is 56.1 Å². The number of piperidine rings is 1. The lowest BCUT2D eigenvalue weighted by molar-refractivity contribution is -0.140. The highest BCUT2D eigenvalue weighted by Crippen LogP contribution is 2.35. The Morgan fingerprint density at radius 3 is 2.27 bits per heavy atom. The Bertz CT molecular complexity index is 1230. The van der Waals surface area contributed by atoms with Crippen molar-refractivity contribution < 1.29 is 4.79 Å². The Morgan fingerprint density at radius 2 is 1.62 bits per heavy atom. The van der Waals surface area contributed by atoms with Gasteiger partial charge in [-0.25, -0.2) is 4.52 Å². The number of hydrogen-bond donors (Lipinski definition) is 0. The summed E-state index contributed by atoms with van der Waals surface area (Å²) in [6.07, 6.45) is 8.67. The summed E-state index contributed by atoms with van der Waals surface area (Å²) in [5.41, 5.74) is 6.26. The Morgan fingerprint density at radius 1 is 0.919 bits per heavy atom. The molecule has 0 bridgehead atoms. The van der Waals surface area contributed by atoms with E-state index in [0.29, 0.717) is 23.8 Å². The van der Waals surface area contributed by atoms with Gasteiger partial charge in [-0.15, -0.1) is 0 Å². The van der Waals surface area contributed by atoms with Crippen molar-refractivity contribution in [2.75, 3.05) is 44.2 Å². The molecule has 2 aromatic heterocycles. The molecule has 4 heterocycles. The van der Waals surface area contributed by atoms with Crippen molar-refractivity contribution in [3.63, 3.8) is 0 Å². The molecule has 2 saturated heterocycles. The minimum Gasteiger partial charge on any atom is -0.366 e. The quantitative estimate of drug-likeness (QED) is 0.479. The molecular weight excluding hydrogens is 458 g/mol. The molecule has 1 aromatic carbocycles. The molecule has 3 aliphatic rings. The van der Waals surface area contributed by atoms with Gasteiger partial charge in [0.1, 0.15) is 0 Å². The van der Waals surface area contributed by atoms with Crippen LogP contribution in [-0.2, 0) is 4.79 Å². The van der Waals surface area contributed by atoms with Crippen LogP contribution in [0.25, 0.3) is 16.6 Å². The Balaban J connectivity index is 1.13. The number of piperazine rings is 1. The van der Waals surface area contributed by atoms with Gasteiger partial charge in [-0.05, 0) is 87.7 Å². The van der Waals surface area contributed by atoms with Crippen LogP contribution in [0.2, 0.25) is 0 Å². The van der Waals surface area contributed by atoms with E-state index in [1.54, 1.807) is 0 Å². The van der Waals surface area contributed by atoms with E-state index in [0.717, 1.165) is 44.5 Å². The maximum atomic E-state index is 12.8. The average molecular weight is 500 g/mol. The molecule has 37 heavy (non-hydrogen) atoms. The van der Waals surface area contributed by atoms with Gasteiger partial charge in [-0.3, -0.25) is 4.79 Å². The Labute approximate surface area is 221 Å². The van der Waals surface area contributed by atoms with Gasteiger partial charge in [0.15, 0.2) is 0 Å². The van der Waals surface area contributed by atoms with Crippen molar-refractivity contribution in [3.8, 4) is 11.1 Å². The number of amides is 1. The van der Waals surface area contributed by atoms with E-state index in [1.807, 2.05) is 10.7 Å². The average Bonchev–Trinajstić information content (AvgIpc) is 3.36. The van der Waals surface area contributed by atoms with Crippen LogP contribution in [0.3, 0.4) is 0 Å². The van der Waals surface area contributed by atoms with Crippen molar-refractivity contribution in [2.45, 2.75) is 58.4 Å². The highest BCUT2D eigenvalue weighted by molar-refractivity contribution is 5.82. The summed E-state index contributed by atoms with van der Waals surface area (Å²) in [5.74, 6) is 2.02. The summed E-state index contributed by atoms with van der Waals surface area (Å²) in [5, 5.41) is 4.61. The van der Waals surface area contributed by atoms with Gasteiger partial charge in [0.2, 0.25) is 5.91 Å². The molecule has 1 aliphatic carbocycles. The molecule has 6 heteroatoms. The summed E-state index contributed by atoms with van der Waals surface area (Å²) in [4.78, 5) is 19.9. The first-order valence-electron chi connectivity index (χ1n) is 14.3. The van der Waals surface area contributed by atoms with E-state index in [2.05, 4.69) is 83.2 Å². The maximum Gasteiger partial charge on any atom is 0.225 e. The molecular formula is C31H41N5O. The van der Waals surface area contributed by atoms with E-state index >= 15 is 0 Å². The lowest BCUT2D eigenvalue weighted by Crippen LogP contribution is -2.52. The number of nitrogens with zero attached hydrogens (tertiary/aromatic N) is 5. The molecule has 6 rings (SSSR count). The third kappa shape index (κ3) is 4.88. The second-order valence-electron chi connectivity index (χ2n) is 11.9. The van der Waals surface area contributed by atoms with Gasteiger partial charge >= 0.3 is 0 Å². The fourth-order valence-corrected chi connectivity index (χ4v) is 6.65. The zero-order chi connectivity index (χ0) is 25.5. The first kappa shape index (κ1) is 24.5. The number of anilines is 1. The summed E-state index contributed by atoms with van der Waals surface area (Å²) >= 11 is 0. The molecule has 2 aliphatic heterocycles. The van der Waals surface area contributed by atoms with Crippen LogP contribution in [0.1, 0.15) is 57.9 Å². The maximum absolute atomic E-state index is 12.8. The lowest BCUT2D eigenvalue weighted by Gasteiger charge is -2.40. The molecule has 0 atom stereocenters. The molecule has 6 nitrogen and oxygen atoms in total. The van der Waals surface area contributed by atoms with Gasteiger partial charge in [0.25, 0.3) is 0 Å². The van der Waals surface area contributed by atoms with Crippen LogP contribution in [0.15, 0.2) is 48.8 Å². The van der Waals surface area contributed by atoms with Crippen LogP contribution >= 0.6 is 0 Å². The SMILES string of the molecule is CC(C)N1CCC(c2ccc(-c3cc4c(N5CCN(C(=O)[C@H]6C[C@@H](C)C6)CC5)ccnn4c3)cc2)CC1. The van der Waals surface area contributed by atoms with E-state index in [9.17, 15) is 4.79 Å². The number of hydrogen-bond acceptors (Lipinski definition) is 4. The number of aromatic nitrogens is 2. The first-order valence-corrected chi connectivity index (χ1v) is 14.3. The molecule has 0 N–H and O–H groups in total. The minimum atomic E-state index is 0.265. The van der Waals surface area contributed by atoms with E-state index in [1.165, 1.54) is 48.3 Å². The number of carbonyl (C=O) groups is 1. The molecule has 1 amide bonds. The van der Waals surface area contributed by atoms with Crippen LogP contribution in [0, 0.1) is 11.8 Å². The van der Waals surface area contributed by atoms with Crippen molar-refractivity contribution in [3.05, 3.63) is 54.4 Å². The standard InChI is InChI=1S/C31H41N5O/c1-22(2)33-12-9-26(10-13-33)24-4-6-25(7-5-24)28-20-30-29(8-11-32-36(30)21-28)34-14-16-35(17-15-34)31(37)27-18-23(3)19-27/h4-8,11,20-23,26-27H,9-10,12-19H2,1-3H3/t23-,27+. The summed E-state index contributed by atoms with van der Waals surface area (Å²) in [6, 6.07) is 14.3. The van der Waals surface area contributed by atoms with Crippen LogP contribution in [0.5, 0.6) is 0 Å². The van der Waals surface area contributed by atoms with E-state index in [-0.39, 0.29) is 5.92 Å². The van der Waals surface area contributed by atoms with Crippen LogP contribution in [0.4, 0.5) is 5.69 Å². The molecule has 0 unspecified atom stereocenters. The normalized spacial score (nSPS) is 23.6. The second kappa shape index (κ2) is 10.1. The summed E-state index contributed by atoms with van der Waals surface area (Å²) < 4.78 is 2.01. The number of benzene rings is 1. The van der Waals surface area contributed by atoms with Crippen LogP contribution in [-0.4, -0.2) is 70.6 Å². The highest BCUT2D eigenvalue weighted by atomic mass is 16.2. The van der Waals surface area contributed by atoms with E-state index < -0.39 is 0 Å². The Kier molecular flexibility index (Phi) is 6.70. The third-order valence-electron chi connectivity index (χ3n) is 9.12. The number of fused-ring (bicyclic) bond motifs is 1. The molecule has 0 spiro atoms. The predicted octanol–water partition coefficient (Wildman–Crippen LogP) is 5.28. The molecule has 1 saturated carbocycles. The third-order valence-corrected chi connectivity index (χ3v) is 9.12. The van der Waals surface area contributed by atoms with Gasteiger partial charge in [-0.1, -0.05) is 31.2 Å². The van der Waals surface area contributed by atoms with Crippen molar-refractivity contribution >= 4 is 17.1 Å². The van der Waals surface area contributed by atoms with Crippen LogP contribution < -0.4 is 4.90 Å². The Hall–Kier alpha value is -2.86. The lowest BCUT2D eigenvalue weighted by atomic mass is 9.75. The zero-order valence-electron chi connectivity index (χ0n) is 22.6. The predicted molar refractivity (Wildman–Crippen MR) is 150 cm³/mol. The number of carbonyl (C=O) groups excluding carboxylic acids is 1. The number of likely N-dealkylation sites (tertiary alicyclic amines) is 1. The topological polar surface area (TPSA) is 44.1 Å². The fourth-order valence-electron chi connectivity index (χ4n) is 6.65. The largest absolute Gasteiger partial charge is 0.366 e. The minimum absolute atomic E-state index is 0.265. The zero-order valence-corrected chi connectivity index (χ0v) is 22.6. The van der Waals surface area contributed by atoms with Gasteiger partial charge < -0.3 is 14.7 Å². The summed E-state index contributed by atoms with van der Waals surface area (Å²) in [6.45, 7) is 12.6. The number of rotatable bonds is 5. The van der Waals surface area contributed by atoms with Gasteiger partial charge in [-0.2, -0.15) is 5.10 Å². The van der Waals surface area contributed by atoms with Gasteiger partial charge in [0.05, 0.1) is 11.2 Å². The molecule has 3 fully saturated rings. The van der Waals surface area contributed by atoms with Crippen molar-refractivity contribution in [1.29, 1.82) is 0 Å². The molecule has 0 radical (unpaired) electrons. The first-order chi connectivity index (χ1) is 18.0. The molecule has 3 aromatic rings. The van der Waals surface area contributed by atoms with Crippen molar-refractivity contribution in [1.82, 2.24) is 19.4 Å². The fraction of sp³-hybridized carbons (Fsp3) is 0.548. The second-order valence-corrected chi connectivity index (χ2v) is 11.9. The molecule has 196 valence electrons. The van der Waals surface area contributed by atoms with Crippen molar-refractivity contribution in [2.24, 2.45) is 11.8 Å². The summed E-state index contributed by atoms with van der Waals surface area (Å²) in [7, 11) is 0. The highest BCUT2D eigenvalue weighted by Gasteiger charge is 2.35. The monoisotopic (exact) mass is 499 g/mol.